The van der Waals surface area contributed by atoms with E-state index in [0.717, 1.165) is 24.3 Å². The standard InChI is InChI=1S/C15H18ClN3O3S/c16-14-4-3-12(23-14)7-17-15(21)13-6-11(22-18-13)9-19-5-1-2-10(20)8-19/h3-4,6,10,20H,1-2,5,7-9H2,(H,17,21). The Morgan fingerprint density at radius 2 is 2.43 bits per heavy atom. The molecule has 8 heteroatoms. The third-order valence-corrected chi connectivity index (χ3v) is 4.93. The molecule has 2 N–H and O–H groups in total. The van der Waals surface area contributed by atoms with Crippen LogP contribution in [-0.2, 0) is 13.1 Å². The number of carbonyl (C=O) groups is 1. The van der Waals surface area contributed by atoms with E-state index in [0.29, 0.717) is 29.7 Å². The zero-order chi connectivity index (χ0) is 16.2. The first-order valence-corrected chi connectivity index (χ1v) is 8.68. The van der Waals surface area contributed by atoms with Gasteiger partial charge in [0, 0.05) is 17.5 Å². The molecular formula is C15H18ClN3O3S. The Labute approximate surface area is 143 Å². The van der Waals surface area contributed by atoms with Crippen molar-refractivity contribution in [3.8, 4) is 0 Å². The van der Waals surface area contributed by atoms with Crippen LogP contribution in [0.4, 0.5) is 0 Å². The minimum atomic E-state index is -0.285. The largest absolute Gasteiger partial charge is 0.392 e. The lowest BCUT2D eigenvalue weighted by Gasteiger charge is -2.28. The number of carbonyl (C=O) groups excluding carboxylic acids is 1. The first-order chi connectivity index (χ1) is 11.1. The number of hydrogen-bond acceptors (Lipinski definition) is 6. The zero-order valence-electron chi connectivity index (χ0n) is 12.5. The number of amides is 1. The Kier molecular flexibility index (Phi) is 5.32. The van der Waals surface area contributed by atoms with Crippen LogP contribution in [0.25, 0.3) is 0 Å². The Morgan fingerprint density at radius 1 is 1.57 bits per heavy atom. The smallest absolute Gasteiger partial charge is 0.273 e. The van der Waals surface area contributed by atoms with E-state index in [9.17, 15) is 9.90 Å². The number of hydrogen-bond donors (Lipinski definition) is 2. The van der Waals surface area contributed by atoms with Gasteiger partial charge < -0.3 is 14.9 Å². The summed E-state index contributed by atoms with van der Waals surface area (Å²) in [6, 6.07) is 5.33. The fraction of sp³-hybridized carbons (Fsp3) is 0.467. The van der Waals surface area contributed by atoms with E-state index in [1.54, 1.807) is 12.1 Å². The molecule has 0 aromatic carbocycles. The SMILES string of the molecule is O=C(NCc1ccc(Cl)s1)c1cc(CN2CCCC(O)C2)on1. The molecule has 1 amide bonds. The van der Waals surface area contributed by atoms with Crippen LogP contribution >= 0.6 is 22.9 Å². The van der Waals surface area contributed by atoms with Gasteiger partial charge in [-0.15, -0.1) is 11.3 Å². The predicted octanol–water partition coefficient (Wildman–Crippen LogP) is 2.28. The number of halogens is 1. The highest BCUT2D eigenvalue weighted by atomic mass is 35.5. The number of nitrogens with one attached hydrogen (secondary N) is 1. The second-order valence-electron chi connectivity index (χ2n) is 5.60. The van der Waals surface area contributed by atoms with E-state index in [1.807, 2.05) is 6.07 Å². The summed E-state index contributed by atoms with van der Waals surface area (Å²) >= 11 is 7.29. The normalized spacial score (nSPS) is 19.0. The van der Waals surface area contributed by atoms with Crippen molar-refractivity contribution in [3.05, 3.63) is 38.9 Å². The van der Waals surface area contributed by atoms with Crippen LogP contribution in [0.5, 0.6) is 0 Å². The molecule has 1 unspecified atom stereocenters. The predicted molar refractivity (Wildman–Crippen MR) is 87.5 cm³/mol. The number of thiophene rings is 1. The molecule has 23 heavy (non-hydrogen) atoms. The topological polar surface area (TPSA) is 78.6 Å². The molecule has 3 rings (SSSR count). The summed E-state index contributed by atoms with van der Waals surface area (Å²) in [6.07, 6.45) is 1.52. The molecule has 124 valence electrons. The lowest BCUT2D eigenvalue weighted by atomic mass is 10.1. The lowest BCUT2D eigenvalue weighted by molar-refractivity contribution is 0.0622. The van der Waals surface area contributed by atoms with E-state index < -0.39 is 0 Å². The molecule has 2 aromatic rings. The van der Waals surface area contributed by atoms with Gasteiger partial charge in [0.25, 0.3) is 5.91 Å². The van der Waals surface area contributed by atoms with Crippen LogP contribution in [0.2, 0.25) is 4.34 Å². The Bertz CT molecular complexity index is 672. The van der Waals surface area contributed by atoms with Crippen molar-refractivity contribution < 1.29 is 14.4 Å². The molecule has 0 saturated carbocycles. The molecule has 2 aromatic heterocycles. The van der Waals surface area contributed by atoms with Gasteiger partial charge in [-0.05, 0) is 31.5 Å². The number of rotatable bonds is 5. The number of aliphatic hydroxyl groups is 1. The number of piperidine rings is 1. The van der Waals surface area contributed by atoms with Gasteiger partial charge in [-0.1, -0.05) is 16.8 Å². The number of likely N-dealkylation sites (tertiary alicyclic amines) is 1. The average Bonchev–Trinajstić information content (AvgIpc) is 3.14. The van der Waals surface area contributed by atoms with E-state index in [2.05, 4.69) is 15.4 Å². The molecule has 1 atom stereocenters. The number of β-amino-alcohol motifs (C(OH)–C–C–N with tert-alkyl or cyclic N) is 1. The second-order valence-corrected chi connectivity index (χ2v) is 7.40. The van der Waals surface area contributed by atoms with Gasteiger partial charge in [0.2, 0.25) is 0 Å². The summed E-state index contributed by atoms with van der Waals surface area (Å²) in [5, 5.41) is 16.3. The summed E-state index contributed by atoms with van der Waals surface area (Å²) in [6.45, 7) is 2.51. The Morgan fingerprint density at radius 3 is 3.17 bits per heavy atom. The van der Waals surface area contributed by atoms with Crippen molar-refractivity contribution in [1.82, 2.24) is 15.4 Å². The molecule has 0 radical (unpaired) electrons. The van der Waals surface area contributed by atoms with Crippen molar-refractivity contribution in [3.63, 3.8) is 0 Å². The molecule has 1 aliphatic heterocycles. The quantitative estimate of drug-likeness (QED) is 0.860. The lowest BCUT2D eigenvalue weighted by Crippen LogP contribution is -2.37. The van der Waals surface area contributed by atoms with Crippen molar-refractivity contribution >= 4 is 28.8 Å². The van der Waals surface area contributed by atoms with Crippen molar-refractivity contribution in [2.45, 2.75) is 32.0 Å². The molecule has 0 aliphatic carbocycles. The van der Waals surface area contributed by atoms with Gasteiger partial charge in [-0.3, -0.25) is 9.69 Å². The van der Waals surface area contributed by atoms with Crippen molar-refractivity contribution in [2.24, 2.45) is 0 Å². The van der Waals surface area contributed by atoms with Gasteiger partial charge in [-0.2, -0.15) is 0 Å². The summed E-state index contributed by atoms with van der Waals surface area (Å²) < 4.78 is 5.92. The summed E-state index contributed by atoms with van der Waals surface area (Å²) in [5.41, 5.74) is 0.264. The monoisotopic (exact) mass is 355 g/mol. The first kappa shape index (κ1) is 16.4. The Hall–Kier alpha value is -1.41. The molecule has 0 spiro atoms. The van der Waals surface area contributed by atoms with Crippen LogP contribution in [0.3, 0.4) is 0 Å². The summed E-state index contributed by atoms with van der Waals surface area (Å²) in [5.74, 6) is 0.353. The molecule has 3 heterocycles. The minimum absolute atomic E-state index is 0.264. The van der Waals surface area contributed by atoms with E-state index >= 15 is 0 Å². The minimum Gasteiger partial charge on any atom is -0.392 e. The Balaban J connectivity index is 1.52. The second kappa shape index (κ2) is 7.44. The van der Waals surface area contributed by atoms with Crippen molar-refractivity contribution in [2.75, 3.05) is 13.1 Å². The average molecular weight is 356 g/mol. The van der Waals surface area contributed by atoms with Gasteiger partial charge in [0.15, 0.2) is 11.5 Å². The van der Waals surface area contributed by atoms with Gasteiger partial charge in [0.1, 0.15) is 0 Å². The molecule has 1 aliphatic rings. The third kappa shape index (κ3) is 4.54. The number of aliphatic hydroxyl groups excluding tert-OH is 1. The highest BCUT2D eigenvalue weighted by Gasteiger charge is 2.20. The summed E-state index contributed by atoms with van der Waals surface area (Å²) in [4.78, 5) is 15.1. The van der Waals surface area contributed by atoms with E-state index in [4.69, 9.17) is 16.1 Å². The van der Waals surface area contributed by atoms with Crippen LogP contribution in [-0.4, -0.2) is 40.3 Å². The van der Waals surface area contributed by atoms with Gasteiger partial charge >= 0.3 is 0 Å². The maximum absolute atomic E-state index is 12.1. The third-order valence-electron chi connectivity index (χ3n) is 3.70. The van der Waals surface area contributed by atoms with Crippen LogP contribution in [0, 0.1) is 0 Å². The maximum atomic E-state index is 12.1. The highest BCUT2D eigenvalue weighted by Crippen LogP contribution is 2.21. The van der Waals surface area contributed by atoms with Gasteiger partial charge in [-0.25, -0.2) is 0 Å². The first-order valence-electron chi connectivity index (χ1n) is 7.48. The van der Waals surface area contributed by atoms with E-state index in [1.165, 1.54) is 11.3 Å². The zero-order valence-corrected chi connectivity index (χ0v) is 14.1. The van der Waals surface area contributed by atoms with Crippen LogP contribution in [0.1, 0.15) is 34.0 Å². The van der Waals surface area contributed by atoms with Gasteiger partial charge in [0.05, 0.1) is 23.5 Å². The van der Waals surface area contributed by atoms with E-state index in [-0.39, 0.29) is 17.7 Å². The fourth-order valence-corrected chi connectivity index (χ4v) is 3.62. The molecule has 1 fully saturated rings. The molecular weight excluding hydrogens is 338 g/mol. The fourth-order valence-electron chi connectivity index (χ4n) is 2.59. The van der Waals surface area contributed by atoms with Crippen molar-refractivity contribution in [1.29, 1.82) is 0 Å². The number of aromatic nitrogens is 1. The maximum Gasteiger partial charge on any atom is 0.273 e. The summed E-state index contributed by atoms with van der Waals surface area (Å²) in [7, 11) is 0. The van der Waals surface area contributed by atoms with Crippen LogP contribution < -0.4 is 5.32 Å². The van der Waals surface area contributed by atoms with Crippen LogP contribution in [0.15, 0.2) is 22.7 Å². The number of nitrogens with zero attached hydrogens (tertiary/aromatic N) is 2. The highest BCUT2D eigenvalue weighted by molar-refractivity contribution is 7.16. The molecule has 1 saturated heterocycles. The molecule has 0 bridgehead atoms. The molecule has 6 nitrogen and oxygen atoms in total.